The van der Waals surface area contributed by atoms with Crippen molar-refractivity contribution in [3.05, 3.63) is 46.5 Å². The van der Waals surface area contributed by atoms with Crippen LogP contribution in [0.1, 0.15) is 21.5 Å². The van der Waals surface area contributed by atoms with E-state index in [4.69, 9.17) is 9.52 Å². The molecule has 8 heteroatoms. The molecule has 2 heterocycles. The first-order valence-corrected chi connectivity index (χ1v) is 6.77. The van der Waals surface area contributed by atoms with Crippen LogP contribution in [0.4, 0.5) is 4.79 Å². The highest BCUT2D eigenvalue weighted by Crippen LogP contribution is 2.19. The number of hydrogen-bond acceptors (Lipinski definition) is 5. The molecule has 0 aliphatic rings. The Balaban J connectivity index is 2.09. The molecular formula is C13H12N2O5S. The summed E-state index contributed by atoms with van der Waals surface area (Å²) >= 11 is 1.20. The zero-order chi connectivity index (χ0) is 15.4. The number of urea groups is 1. The standard InChI is InChI=1S/C13H12N2O5S/c1-15(11(16)8-4-2-6-20-8)13(19)14-10(12(17)18)9-5-3-7-21-9/h2-7,10H,1H3,(H,14,19)(H,17,18). The molecule has 2 rings (SSSR count). The molecule has 0 fully saturated rings. The second-order valence-electron chi connectivity index (χ2n) is 4.08. The van der Waals surface area contributed by atoms with Gasteiger partial charge in [0.25, 0.3) is 5.91 Å². The lowest BCUT2D eigenvalue weighted by Crippen LogP contribution is -2.44. The molecule has 110 valence electrons. The molecule has 1 unspecified atom stereocenters. The molecule has 2 aromatic heterocycles. The van der Waals surface area contributed by atoms with Gasteiger partial charge in [0.15, 0.2) is 11.8 Å². The van der Waals surface area contributed by atoms with E-state index in [9.17, 15) is 14.4 Å². The largest absolute Gasteiger partial charge is 0.479 e. The highest BCUT2D eigenvalue weighted by Gasteiger charge is 2.27. The summed E-state index contributed by atoms with van der Waals surface area (Å²) in [4.78, 5) is 36.4. The number of carboxylic acids is 1. The third-order valence-corrected chi connectivity index (χ3v) is 3.62. The summed E-state index contributed by atoms with van der Waals surface area (Å²) in [6.07, 6.45) is 1.31. The lowest BCUT2D eigenvalue weighted by Gasteiger charge is -2.18. The smallest absolute Gasteiger partial charge is 0.331 e. The molecule has 0 spiro atoms. The van der Waals surface area contributed by atoms with E-state index in [0.717, 1.165) is 4.90 Å². The Morgan fingerprint density at radius 2 is 2.10 bits per heavy atom. The van der Waals surface area contributed by atoms with E-state index in [0.29, 0.717) is 4.88 Å². The number of rotatable bonds is 4. The van der Waals surface area contributed by atoms with Gasteiger partial charge < -0.3 is 14.8 Å². The number of thiophene rings is 1. The van der Waals surface area contributed by atoms with E-state index in [1.165, 1.54) is 36.8 Å². The third kappa shape index (κ3) is 3.29. The van der Waals surface area contributed by atoms with Crippen LogP contribution in [0.3, 0.4) is 0 Å². The average Bonchev–Trinajstić information content (AvgIpc) is 3.14. The van der Waals surface area contributed by atoms with E-state index in [1.807, 2.05) is 0 Å². The van der Waals surface area contributed by atoms with Gasteiger partial charge in [-0.2, -0.15) is 0 Å². The number of nitrogens with one attached hydrogen (secondary N) is 1. The summed E-state index contributed by atoms with van der Waals surface area (Å²) in [5, 5.41) is 13.2. The molecule has 0 aliphatic heterocycles. The van der Waals surface area contributed by atoms with Crippen molar-refractivity contribution in [2.24, 2.45) is 0 Å². The normalized spacial score (nSPS) is 11.7. The summed E-state index contributed by atoms with van der Waals surface area (Å²) < 4.78 is 4.91. The first-order valence-electron chi connectivity index (χ1n) is 5.89. The van der Waals surface area contributed by atoms with Crippen LogP contribution in [0.15, 0.2) is 40.3 Å². The van der Waals surface area contributed by atoms with Crippen LogP contribution in [-0.4, -0.2) is 35.0 Å². The van der Waals surface area contributed by atoms with Gasteiger partial charge in [-0.15, -0.1) is 11.3 Å². The molecule has 21 heavy (non-hydrogen) atoms. The molecule has 3 amide bonds. The van der Waals surface area contributed by atoms with Gasteiger partial charge in [0.05, 0.1) is 6.26 Å². The monoisotopic (exact) mass is 308 g/mol. The quantitative estimate of drug-likeness (QED) is 0.899. The predicted octanol–water partition coefficient (Wildman–Crippen LogP) is 1.95. The molecule has 7 nitrogen and oxygen atoms in total. The van der Waals surface area contributed by atoms with Crippen molar-refractivity contribution in [1.29, 1.82) is 0 Å². The maximum Gasteiger partial charge on any atom is 0.331 e. The van der Waals surface area contributed by atoms with Gasteiger partial charge in [0, 0.05) is 11.9 Å². The van der Waals surface area contributed by atoms with Crippen molar-refractivity contribution < 1.29 is 23.9 Å². The van der Waals surface area contributed by atoms with Crippen LogP contribution in [0.2, 0.25) is 0 Å². The summed E-state index contributed by atoms with van der Waals surface area (Å²) in [7, 11) is 1.24. The average molecular weight is 308 g/mol. The molecular weight excluding hydrogens is 296 g/mol. The summed E-state index contributed by atoms with van der Waals surface area (Å²) in [5.74, 6) is -1.87. The fourth-order valence-electron chi connectivity index (χ4n) is 1.59. The maximum atomic E-state index is 12.0. The van der Waals surface area contributed by atoms with Gasteiger partial charge in [-0.25, -0.2) is 9.59 Å². The summed E-state index contributed by atoms with van der Waals surface area (Å²) in [6, 6.07) is 4.18. The first-order chi connectivity index (χ1) is 10.0. The highest BCUT2D eigenvalue weighted by atomic mass is 32.1. The van der Waals surface area contributed by atoms with E-state index in [2.05, 4.69) is 5.32 Å². The number of aliphatic carboxylic acids is 1. The van der Waals surface area contributed by atoms with Gasteiger partial charge in [-0.1, -0.05) is 6.07 Å². The van der Waals surface area contributed by atoms with Crippen LogP contribution < -0.4 is 5.32 Å². The topological polar surface area (TPSA) is 99.9 Å². The van der Waals surface area contributed by atoms with Crippen LogP contribution in [0, 0.1) is 0 Å². The minimum Gasteiger partial charge on any atom is -0.479 e. The Morgan fingerprint density at radius 1 is 1.33 bits per heavy atom. The summed E-state index contributed by atoms with van der Waals surface area (Å²) in [5.41, 5.74) is 0. The van der Waals surface area contributed by atoms with Crippen molar-refractivity contribution >= 4 is 29.2 Å². The van der Waals surface area contributed by atoms with Gasteiger partial charge in [-0.3, -0.25) is 9.69 Å². The molecule has 0 radical (unpaired) electrons. The Hall–Kier alpha value is -2.61. The fraction of sp³-hybridized carbons (Fsp3) is 0.154. The Labute approximate surface area is 123 Å². The van der Waals surface area contributed by atoms with E-state index >= 15 is 0 Å². The molecule has 0 saturated heterocycles. The van der Waals surface area contributed by atoms with Gasteiger partial charge in [0.2, 0.25) is 0 Å². The zero-order valence-corrected chi connectivity index (χ0v) is 11.8. The predicted molar refractivity (Wildman–Crippen MR) is 74.0 cm³/mol. The number of carboxylic acid groups (broad SMARTS) is 1. The number of nitrogens with zero attached hydrogens (tertiary/aromatic N) is 1. The highest BCUT2D eigenvalue weighted by molar-refractivity contribution is 7.10. The van der Waals surface area contributed by atoms with Gasteiger partial charge in [0.1, 0.15) is 0 Å². The van der Waals surface area contributed by atoms with E-state index in [1.54, 1.807) is 17.5 Å². The molecule has 0 bridgehead atoms. The van der Waals surface area contributed by atoms with Gasteiger partial charge in [-0.05, 0) is 23.6 Å². The first kappa shape index (κ1) is 14.8. The van der Waals surface area contributed by atoms with Crippen molar-refractivity contribution in [1.82, 2.24) is 10.2 Å². The number of hydrogen-bond donors (Lipinski definition) is 2. The van der Waals surface area contributed by atoms with Crippen LogP contribution >= 0.6 is 11.3 Å². The van der Waals surface area contributed by atoms with Crippen LogP contribution in [0.25, 0.3) is 0 Å². The molecule has 0 saturated carbocycles. The van der Waals surface area contributed by atoms with Crippen molar-refractivity contribution in [2.45, 2.75) is 6.04 Å². The Bertz CT molecular complexity index is 636. The minimum absolute atomic E-state index is 0.00403. The molecule has 2 N–H and O–H groups in total. The lowest BCUT2D eigenvalue weighted by molar-refractivity contribution is -0.139. The van der Waals surface area contributed by atoms with Crippen LogP contribution in [0.5, 0.6) is 0 Å². The maximum absolute atomic E-state index is 12.0. The summed E-state index contributed by atoms with van der Waals surface area (Å²) in [6.45, 7) is 0. The molecule has 2 aromatic rings. The third-order valence-electron chi connectivity index (χ3n) is 2.68. The molecule has 1 atom stereocenters. The number of imide groups is 1. The zero-order valence-electron chi connectivity index (χ0n) is 11.0. The lowest BCUT2D eigenvalue weighted by atomic mass is 10.2. The number of carbonyl (C=O) groups excluding carboxylic acids is 2. The van der Waals surface area contributed by atoms with Crippen LogP contribution in [-0.2, 0) is 4.79 Å². The van der Waals surface area contributed by atoms with Crippen molar-refractivity contribution in [3.63, 3.8) is 0 Å². The molecule has 0 aliphatic carbocycles. The van der Waals surface area contributed by atoms with E-state index < -0.39 is 23.9 Å². The van der Waals surface area contributed by atoms with Crippen molar-refractivity contribution in [3.8, 4) is 0 Å². The SMILES string of the molecule is CN(C(=O)NC(C(=O)O)c1cccs1)C(=O)c1ccco1. The number of amides is 3. The fourth-order valence-corrected chi connectivity index (χ4v) is 2.36. The van der Waals surface area contributed by atoms with Crippen molar-refractivity contribution in [2.75, 3.05) is 7.05 Å². The minimum atomic E-state index is -1.20. The second kappa shape index (κ2) is 6.23. The second-order valence-corrected chi connectivity index (χ2v) is 5.06. The number of furan rings is 1. The Kier molecular flexibility index (Phi) is 4.39. The number of carbonyl (C=O) groups is 3. The van der Waals surface area contributed by atoms with E-state index in [-0.39, 0.29) is 5.76 Å². The van der Waals surface area contributed by atoms with Gasteiger partial charge >= 0.3 is 12.0 Å². The molecule has 0 aromatic carbocycles. The Morgan fingerprint density at radius 3 is 2.62 bits per heavy atom.